The number of hydrogen-bond acceptors (Lipinski definition) is 15. The van der Waals surface area contributed by atoms with Gasteiger partial charge in [0.25, 0.3) is 0 Å². The first kappa shape index (κ1) is 101. The highest BCUT2D eigenvalue weighted by molar-refractivity contribution is 7.47. The number of phosphoric ester groups is 2. The van der Waals surface area contributed by atoms with Crippen molar-refractivity contribution in [1.82, 2.24) is 0 Å². The van der Waals surface area contributed by atoms with Crippen LogP contribution in [0.2, 0.25) is 0 Å². The van der Waals surface area contributed by atoms with Crippen molar-refractivity contribution in [3.8, 4) is 0 Å². The van der Waals surface area contributed by atoms with E-state index in [4.69, 9.17) is 37.0 Å². The summed E-state index contributed by atoms with van der Waals surface area (Å²) in [7, 11) is -10.0. The maximum Gasteiger partial charge on any atom is 0.472 e. The lowest BCUT2D eigenvalue weighted by Crippen LogP contribution is -2.30. The van der Waals surface area contributed by atoms with Crippen LogP contribution < -0.4 is 0 Å². The molecule has 0 rings (SSSR count). The molecular formula is C87H144O17P2. The number of aliphatic hydroxyl groups is 1. The fourth-order valence-electron chi connectivity index (χ4n) is 10.4. The zero-order chi connectivity index (χ0) is 77.4. The Morgan fingerprint density at radius 2 is 0.500 bits per heavy atom. The van der Waals surface area contributed by atoms with E-state index >= 15 is 0 Å². The summed E-state index contributed by atoms with van der Waals surface area (Å²) in [5.41, 5.74) is 0. The van der Waals surface area contributed by atoms with Crippen molar-refractivity contribution >= 4 is 39.5 Å². The van der Waals surface area contributed by atoms with Crippen molar-refractivity contribution in [2.24, 2.45) is 0 Å². The normalized spacial score (nSPS) is 14.7. The molecule has 17 nitrogen and oxygen atoms in total. The Bertz CT molecular complexity index is 2630. The third-order valence-corrected chi connectivity index (χ3v) is 18.4. The monoisotopic (exact) mass is 1520 g/mol. The molecule has 0 fully saturated rings. The lowest BCUT2D eigenvalue weighted by Gasteiger charge is -2.21. The number of allylic oxidation sites excluding steroid dienone is 26. The number of carbonyl (C=O) groups is 4. The van der Waals surface area contributed by atoms with Gasteiger partial charge < -0.3 is 33.8 Å². The fraction of sp³-hybridized carbons (Fsp3) is 0.655. The zero-order valence-corrected chi connectivity index (χ0v) is 67.8. The lowest BCUT2D eigenvalue weighted by molar-refractivity contribution is -0.161. The molecule has 3 N–H and O–H groups in total. The number of rotatable bonds is 75. The van der Waals surface area contributed by atoms with Gasteiger partial charge >= 0.3 is 39.5 Å². The summed E-state index contributed by atoms with van der Waals surface area (Å²) in [5.74, 6) is -2.32. The van der Waals surface area contributed by atoms with Crippen LogP contribution in [0.1, 0.15) is 310 Å². The Hall–Kier alpha value is -5.32. The number of ether oxygens (including phenoxy) is 4. The van der Waals surface area contributed by atoms with Crippen molar-refractivity contribution in [3.05, 3.63) is 158 Å². The quantitative estimate of drug-likeness (QED) is 0.0169. The zero-order valence-electron chi connectivity index (χ0n) is 66.1. The minimum atomic E-state index is -5.00. The van der Waals surface area contributed by atoms with Crippen LogP contribution in [-0.2, 0) is 65.4 Å². The molecule has 19 heteroatoms. The summed E-state index contributed by atoms with van der Waals surface area (Å²) in [6.07, 6.45) is 90.9. The molecule has 0 spiro atoms. The van der Waals surface area contributed by atoms with Crippen molar-refractivity contribution in [1.29, 1.82) is 0 Å². The van der Waals surface area contributed by atoms with Crippen LogP contribution in [-0.4, -0.2) is 96.7 Å². The van der Waals surface area contributed by atoms with Crippen molar-refractivity contribution < 1.29 is 80.2 Å². The lowest BCUT2D eigenvalue weighted by atomic mass is 10.0. The van der Waals surface area contributed by atoms with Gasteiger partial charge in [-0.2, -0.15) is 0 Å². The number of esters is 4. The topological polar surface area (TPSA) is 237 Å². The Morgan fingerprint density at radius 1 is 0.274 bits per heavy atom. The summed E-state index contributed by atoms with van der Waals surface area (Å²) in [6.45, 7) is 4.41. The Kier molecular flexibility index (Phi) is 73.9. The number of hydrogen-bond donors (Lipinski definition) is 3. The van der Waals surface area contributed by atoms with Crippen LogP contribution in [0, 0.1) is 0 Å². The predicted octanol–water partition coefficient (Wildman–Crippen LogP) is 24.0. The van der Waals surface area contributed by atoms with Gasteiger partial charge in [0.2, 0.25) is 0 Å². The van der Waals surface area contributed by atoms with Crippen LogP contribution in [0.25, 0.3) is 0 Å². The van der Waals surface area contributed by atoms with E-state index in [1.807, 2.05) is 24.3 Å². The highest BCUT2D eigenvalue weighted by Gasteiger charge is 2.30. The van der Waals surface area contributed by atoms with E-state index in [-0.39, 0.29) is 25.7 Å². The predicted molar refractivity (Wildman–Crippen MR) is 436 cm³/mol. The van der Waals surface area contributed by atoms with Crippen LogP contribution in [0.5, 0.6) is 0 Å². The molecule has 0 aromatic heterocycles. The molecule has 0 aliphatic heterocycles. The van der Waals surface area contributed by atoms with E-state index in [0.29, 0.717) is 38.5 Å². The summed E-state index contributed by atoms with van der Waals surface area (Å²) < 4.78 is 68.6. The van der Waals surface area contributed by atoms with E-state index < -0.39 is 97.5 Å². The number of aliphatic hydroxyl groups excluding tert-OH is 1. The van der Waals surface area contributed by atoms with Gasteiger partial charge in [0, 0.05) is 25.7 Å². The maximum absolute atomic E-state index is 13.1. The maximum atomic E-state index is 13.1. The third kappa shape index (κ3) is 76.9. The number of carbonyl (C=O) groups excluding carboxylic acids is 4. The molecule has 0 aromatic rings. The molecule has 0 heterocycles. The Balaban J connectivity index is 5.48. The van der Waals surface area contributed by atoms with Crippen molar-refractivity contribution in [2.75, 3.05) is 39.6 Å². The largest absolute Gasteiger partial charge is 0.472 e. The van der Waals surface area contributed by atoms with Crippen molar-refractivity contribution in [2.45, 2.75) is 329 Å². The first-order valence-electron chi connectivity index (χ1n) is 40.7. The van der Waals surface area contributed by atoms with Gasteiger partial charge in [-0.1, -0.05) is 308 Å². The Morgan fingerprint density at radius 3 is 0.783 bits per heavy atom. The molecule has 0 saturated carbocycles. The number of phosphoric acid groups is 2. The summed E-state index contributed by atoms with van der Waals surface area (Å²) in [4.78, 5) is 73.1. The van der Waals surface area contributed by atoms with Crippen LogP contribution in [0.3, 0.4) is 0 Å². The van der Waals surface area contributed by atoms with E-state index in [0.717, 1.165) is 154 Å². The van der Waals surface area contributed by atoms with Crippen LogP contribution in [0.15, 0.2) is 158 Å². The molecule has 0 radical (unpaired) electrons. The summed E-state index contributed by atoms with van der Waals surface area (Å²) >= 11 is 0. The van der Waals surface area contributed by atoms with Crippen LogP contribution >= 0.6 is 15.6 Å². The molecule has 0 amide bonds. The molecule has 5 atom stereocenters. The molecule has 0 bridgehead atoms. The summed E-state index contributed by atoms with van der Waals surface area (Å²) in [6, 6.07) is 0. The molecular weight excluding hydrogens is 1380 g/mol. The van der Waals surface area contributed by atoms with E-state index in [1.54, 1.807) is 0 Å². The van der Waals surface area contributed by atoms with Crippen molar-refractivity contribution in [3.63, 3.8) is 0 Å². The van der Waals surface area contributed by atoms with Gasteiger partial charge in [0.05, 0.1) is 26.4 Å². The first-order valence-corrected chi connectivity index (χ1v) is 43.7. The van der Waals surface area contributed by atoms with Gasteiger partial charge in [-0.3, -0.25) is 37.3 Å². The molecule has 0 aliphatic carbocycles. The summed E-state index contributed by atoms with van der Waals surface area (Å²) in [5, 5.41) is 10.7. The second-order valence-corrected chi connectivity index (χ2v) is 29.5. The van der Waals surface area contributed by atoms with E-state index in [9.17, 15) is 43.2 Å². The SMILES string of the molecule is CC/C=C\C/C=C\C/C=C\C/C=C\C/C=C\CCCC(=O)OCC(COP(=O)(O)OCC(O)COP(=O)(O)OCC(COC(=O)CCC/C=C\C/C=C\C/C=C\C/C=C\C/C=C\CC)OC(=O)CCCCCCCCCCCCCCCCC)OC(=O)CCCCCCCCC/C=C\C/C=C\C/C=C\CC. The molecule has 604 valence electrons. The molecule has 106 heavy (non-hydrogen) atoms. The second kappa shape index (κ2) is 77.8. The van der Waals surface area contributed by atoms with E-state index in [1.165, 1.54) is 64.2 Å². The highest BCUT2D eigenvalue weighted by atomic mass is 31.2. The molecule has 0 saturated heterocycles. The first-order chi connectivity index (χ1) is 51.7. The molecule has 5 unspecified atom stereocenters. The highest BCUT2D eigenvalue weighted by Crippen LogP contribution is 2.45. The second-order valence-electron chi connectivity index (χ2n) is 26.6. The minimum absolute atomic E-state index is 0.0655. The Labute approximate surface area is 642 Å². The standard InChI is InChI=1S/C87H144O17P2/c1-5-9-13-17-21-25-29-33-37-40-44-47-51-55-59-63-67-71-84(89)97-77-82(103-86(91)73-69-65-61-57-53-49-43-36-32-28-24-20-16-12-8-4)79-101-105(93,94)99-75-81(88)76-100-106(95,96)102-80-83(104-87(92)74-70-66-62-58-54-50-46-42-39-35-31-27-23-19-15-11-7-3)78-98-85(90)72-68-64-60-56-52-48-45-41-38-34-30-26-22-18-14-10-6-2/h9-11,13-15,21-23,25-27,33-35,37-39,44-45,47-48,55-56,59-60,81-83,88H,5-8,12,16-20,24,28-32,36,40-43,46,49-54,57-58,61-80H2,1-4H3,(H,93,94)(H,95,96)/b13-9-,14-10-,15-11-,25-21-,26-22-,27-23-,37-33-,38-34-,39-35-,47-44-,48-45-,59-55-,60-56-. The van der Waals surface area contributed by atoms with Gasteiger partial charge in [-0.15, -0.1) is 0 Å². The minimum Gasteiger partial charge on any atom is -0.462 e. The van der Waals surface area contributed by atoms with Crippen LogP contribution in [0.4, 0.5) is 0 Å². The van der Waals surface area contributed by atoms with E-state index in [2.05, 4.69) is 161 Å². The molecule has 0 aromatic carbocycles. The smallest absolute Gasteiger partial charge is 0.462 e. The van der Waals surface area contributed by atoms with Gasteiger partial charge in [0.15, 0.2) is 12.2 Å². The van der Waals surface area contributed by atoms with Gasteiger partial charge in [0.1, 0.15) is 19.3 Å². The van der Waals surface area contributed by atoms with Gasteiger partial charge in [-0.05, 0) is 135 Å². The number of unbranched alkanes of at least 4 members (excludes halogenated alkanes) is 23. The average molecular weight is 1520 g/mol. The average Bonchev–Trinajstić information content (AvgIpc) is 0.902. The fourth-order valence-corrected chi connectivity index (χ4v) is 12.0. The van der Waals surface area contributed by atoms with Gasteiger partial charge in [-0.25, -0.2) is 9.13 Å². The molecule has 0 aliphatic rings. The third-order valence-electron chi connectivity index (χ3n) is 16.5.